The lowest BCUT2D eigenvalue weighted by Gasteiger charge is -2.34. The van der Waals surface area contributed by atoms with E-state index in [1.165, 1.54) is 0 Å². The predicted octanol–water partition coefficient (Wildman–Crippen LogP) is 1.78. The van der Waals surface area contributed by atoms with Crippen molar-refractivity contribution in [3.05, 3.63) is 24.2 Å². The number of piperazine rings is 1. The molecule has 2 aliphatic rings. The first-order valence-corrected chi connectivity index (χ1v) is 6.84. The molecule has 0 radical (unpaired) electrons. The molecular formula is C17H27BN2O2. The molecule has 3 rings (SSSR count). The van der Waals surface area contributed by atoms with Crippen LogP contribution in [0.4, 0.5) is 5.69 Å². The minimum atomic E-state index is -3.60. The summed E-state index contributed by atoms with van der Waals surface area (Å²) in [5, 5.41) is 1.64. The Balaban J connectivity index is 2.39. The Hall–Kier alpha value is -1.04. The number of nitrogens with one attached hydrogen (secondary N) is 1. The SMILES string of the molecule is [2H]c1c([2H])c(B2OC(C)(C)C(C)(C)O2)c([2H])c(N2C([2H])([2H])C([2H])([2H])NC([2H])(C([2H])([2H])[2H])C2([2H])[2H])c1[2H]. The van der Waals surface area contributed by atoms with Crippen molar-refractivity contribution in [3.63, 3.8) is 0 Å². The standard InChI is InChI=1S/C17H27BN2O2/c1-13-12-20(10-9-19-13)15-8-6-7-14(11-15)18-21-16(2,3)17(4,5)22-18/h6-8,11,13,19H,9-10,12H2,1-5H3/i1D3,6D,7D,8D,9D2,10D2,11D,12D2,13D. The molecule has 2 aliphatic heterocycles. The minimum absolute atomic E-state index is 0.0905. The third-order valence-corrected chi connectivity index (χ3v) is 3.92. The van der Waals surface area contributed by atoms with Crippen molar-refractivity contribution in [1.29, 1.82) is 0 Å². The van der Waals surface area contributed by atoms with Crippen LogP contribution in [-0.4, -0.2) is 43.8 Å². The summed E-state index contributed by atoms with van der Waals surface area (Å²) in [5.74, 6) is 0. The Labute approximate surface area is 154 Å². The van der Waals surface area contributed by atoms with E-state index in [0.29, 0.717) is 0 Å². The molecule has 0 bridgehead atoms. The maximum atomic E-state index is 8.75. The van der Waals surface area contributed by atoms with Crippen LogP contribution in [-0.2, 0) is 9.31 Å². The lowest BCUT2D eigenvalue weighted by Crippen LogP contribution is -2.49. The summed E-state index contributed by atoms with van der Waals surface area (Å²) in [6.07, 6.45) is 0. The first-order valence-electron chi connectivity index (χ1n) is 13.8. The largest absolute Gasteiger partial charge is 0.494 e. The van der Waals surface area contributed by atoms with Gasteiger partial charge in [-0.15, -0.1) is 0 Å². The number of hydrogen-bond acceptors (Lipinski definition) is 4. The quantitative estimate of drug-likeness (QED) is 0.844. The first kappa shape index (κ1) is 6.12. The molecule has 2 saturated heterocycles. The van der Waals surface area contributed by atoms with Gasteiger partial charge in [-0.3, -0.25) is 0 Å². The Morgan fingerprint density at radius 3 is 2.82 bits per heavy atom. The van der Waals surface area contributed by atoms with Crippen LogP contribution < -0.4 is 15.7 Å². The zero-order chi connectivity index (χ0) is 28.2. The molecule has 0 aliphatic carbocycles. The summed E-state index contributed by atoms with van der Waals surface area (Å²) in [6, 6.07) is -6.94. The van der Waals surface area contributed by atoms with Crippen LogP contribution in [0, 0.1) is 0 Å². The molecule has 0 saturated carbocycles. The fraction of sp³-hybridized carbons (Fsp3) is 0.647. The van der Waals surface area contributed by atoms with Crippen LogP contribution in [0.25, 0.3) is 0 Å². The van der Waals surface area contributed by atoms with E-state index in [2.05, 4.69) is 0 Å². The van der Waals surface area contributed by atoms with Gasteiger partial charge in [0.15, 0.2) is 0 Å². The molecule has 0 aromatic heterocycles. The highest BCUT2D eigenvalue weighted by molar-refractivity contribution is 6.62. The lowest BCUT2D eigenvalue weighted by molar-refractivity contribution is 0.00578. The summed E-state index contributed by atoms with van der Waals surface area (Å²) >= 11 is 0. The van der Waals surface area contributed by atoms with Crippen LogP contribution in [0.5, 0.6) is 0 Å². The van der Waals surface area contributed by atoms with E-state index in [0.717, 1.165) is 0 Å². The Morgan fingerprint density at radius 1 is 1.41 bits per heavy atom. The monoisotopic (exact) mass is 316 g/mol. The topological polar surface area (TPSA) is 33.7 Å². The van der Waals surface area contributed by atoms with E-state index in [-0.39, 0.29) is 4.90 Å². The van der Waals surface area contributed by atoms with Gasteiger partial charge in [0.25, 0.3) is 0 Å². The fourth-order valence-corrected chi connectivity index (χ4v) is 1.96. The second kappa shape index (κ2) is 5.55. The van der Waals surface area contributed by atoms with Crippen molar-refractivity contribution >= 4 is 18.3 Å². The average Bonchev–Trinajstić information content (AvgIpc) is 2.87. The molecule has 1 N–H and O–H groups in total. The highest BCUT2D eigenvalue weighted by Gasteiger charge is 2.51. The maximum Gasteiger partial charge on any atom is 0.494 e. The smallest absolute Gasteiger partial charge is 0.399 e. The summed E-state index contributed by atoms with van der Waals surface area (Å²) in [4.78, 5) is -0.0905. The average molecular weight is 316 g/mol. The molecule has 1 aromatic rings. The van der Waals surface area contributed by atoms with Crippen LogP contribution >= 0.6 is 0 Å². The molecule has 0 spiro atoms. The summed E-state index contributed by atoms with van der Waals surface area (Å²) < 4.78 is 127. The van der Waals surface area contributed by atoms with E-state index in [4.69, 9.17) is 28.5 Å². The Kier molecular flexibility index (Phi) is 1.54. The summed E-state index contributed by atoms with van der Waals surface area (Å²) in [5.41, 5.74) is -3.39. The number of rotatable bonds is 2. The molecule has 1 aromatic carbocycles. The van der Waals surface area contributed by atoms with Gasteiger partial charge < -0.3 is 19.5 Å². The molecular weight excluding hydrogens is 275 g/mol. The van der Waals surface area contributed by atoms with E-state index < -0.39 is 86.0 Å². The number of anilines is 1. The van der Waals surface area contributed by atoms with Gasteiger partial charge in [-0.05, 0) is 52.1 Å². The Morgan fingerprint density at radius 2 is 2.14 bits per heavy atom. The highest BCUT2D eigenvalue weighted by Crippen LogP contribution is 2.36. The molecule has 120 valence electrons. The normalized spacial score (nSPS) is 47.3. The third-order valence-electron chi connectivity index (χ3n) is 3.92. The van der Waals surface area contributed by atoms with Crippen molar-refractivity contribution in [2.45, 2.75) is 51.8 Å². The van der Waals surface area contributed by atoms with Gasteiger partial charge in [-0.1, -0.05) is 12.1 Å². The molecule has 4 nitrogen and oxygen atoms in total. The fourth-order valence-electron chi connectivity index (χ4n) is 1.96. The van der Waals surface area contributed by atoms with Crippen LogP contribution in [0.1, 0.15) is 53.7 Å². The number of nitrogens with zero attached hydrogens (tertiary/aromatic N) is 1. The van der Waals surface area contributed by atoms with E-state index in [1.807, 2.05) is 0 Å². The zero-order valence-electron chi connectivity index (χ0n) is 26.8. The van der Waals surface area contributed by atoms with Crippen LogP contribution in [0.15, 0.2) is 24.2 Å². The summed E-state index contributed by atoms with van der Waals surface area (Å²) in [6.45, 7) is -7.29. The van der Waals surface area contributed by atoms with Crippen LogP contribution in [0.3, 0.4) is 0 Å². The molecule has 0 amide bonds. The first-order chi connectivity index (χ1) is 15.8. The summed E-state index contributed by atoms with van der Waals surface area (Å²) in [7, 11) is -1.46. The van der Waals surface area contributed by atoms with Crippen molar-refractivity contribution in [2.24, 2.45) is 0 Å². The second-order valence-electron chi connectivity index (χ2n) is 6.03. The molecule has 1 atom stereocenters. The number of benzene rings is 1. The maximum absolute atomic E-state index is 8.75. The molecule has 1 unspecified atom stereocenters. The van der Waals surface area contributed by atoms with Crippen molar-refractivity contribution in [3.8, 4) is 0 Å². The van der Waals surface area contributed by atoms with Crippen LogP contribution in [0.2, 0.25) is 0 Å². The minimum Gasteiger partial charge on any atom is -0.399 e. The van der Waals surface area contributed by atoms with Gasteiger partial charge >= 0.3 is 7.12 Å². The van der Waals surface area contributed by atoms with E-state index >= 15 is 0 Å². The van der Waals surface area contributed by atoms with E-state index in [1.54, 1.807) is 33.0 Å². The third kappa shape index (κ3) is 2.90. The predicted molar refractivity (Wildman–Crippen MR) is 91.8 cm³/mol. The molecule has 2 heterocycles. The molecule has 22 heavy (non-hydrogen) atoms. The number of hydrogen-bond donors (Lipinski definition) is 1. The molecule has 2 fully saturated rings. The van der Waals surface area contributed by atoms with Gasteiger partial charge in [0.2, 0.25) is 0 Å². The molecule has 5 heteroatoms. The van der Waals surface area contributed by atoms with Crippen molar-refractivity contribution in [2.75, 3.05) is 24.4 Å². The Bertz CT molecular complexity index is 1080. The lowest BCUT2D eigenvalue weighted by atomic mass is 9.79. The van der Waals surface area contributed by atoms with Crippen molar-refractivity contribution < 1.29 is 28.5 Å². The van der Waals surface area contributed by atoms with Gasteiger partial charge in [-0.25, -0.2) is 0 Å². The second-order valence-corrected chi connectivity index (χ2v) is 6.03. The van der Waals surface area contributed by atoms with Gasteiger partial charge in [0.05, 0.1) is 22.2 Å². The highest BCUT2D eigenvalue weighted by atomic mass is 16.7. The van der Waals surface area contributed by atoms with Gasteiger partial charge in [0, 0.05) is 39.4 Å². The zero-order valence-corrected chi connectivity index (χ0v) is 12.8. The van der Waals surface area contributed by atoms with Gasteiger partial charge in [0.1, 0.15) is 0 Å². The van der Waals surface area contributed by atoms with Crippen molar-refractivity contribution in [1.82, 2.24) is 5.32 Å². The van der Waals surface area contributed by atoms with Gasteiger partial charge in [-0.2, -0.15) is 0 Å². The van der Waals surface area contributed by atoms with E-state index in [9.17, 15) is 0 Å².